The molecule has 0 aromatic rings. The van der Waals surface area contributed by atoms with Gasteiger partial charge in [-0.2, -0.15) is 0 Å². The zero-order valence-corrected chi connectivity index (χ0v) is 13.7. The number of amides is 2. The lowest BCUT2D eigenvalue weighted by Crippen LogP contribution is -2.54. The summed E-state index contributed by atoms with van der Waals surface area (Å²) >= 11 is 0. The Bertz CT molecular complexity index is 457. The average molecular weight is 346 g/mol. The number of aliphatic carboxylic acids is 2. The Labute approximate surface area is 139 Å². The number of unbranched alkanes of at least 4 members (excludes halogenated alkanes) is 1. The van der Waals surface area contributed by atoms with Gasteiger partial charge in [-0.15, -0.1) is 0 Å². The lowest BCUT2D eigenvalue weighted by atomic mass is 10.1. The van der Waals surface area contributed by atoms with Crippen molar-refractivity contribution in [2.45, 2.75) is 57.2 Å². The van der Waals surface area contributed by atoms with Crippen LogP contribution in [0.4, 0.5) is 0 Å². The number of nitrogens with two attached hydrogens (primary N) is 2. The Hall–Kier alpha value is -2.20. The highest BCUT2D eigenvalue weighted by molar-refractivity contribution is 5.91. The number of rotatable bonds is 12. The van der Waals surface area contributed by atoms with Crippen LogP contribution < -0.4 is 22.1 Å². The molecule has 0 aliphatic rings. The first kappa shape index (κ1) is 21.8. The second-order valence-electron chi connectivity index (χ2n) is 5.45. The standard InChI is InChI=1S/C14H26N4O6/c1-8(14(23)24)17-13(22)10(4-2-3-7-15)18-12(21)9(16)5-6-11(19)20/h8-10H,2-7,15-16H2,1H3,(H,17,22)(H,18,21)(H,19,20)(H,23,24). The van der Waals surface area contributed by atoms with Crippen molar-refractivity contribution in [2.75, 3.05) is 6.54 Å². The second kappa shape index (κ2) is 11.4. The third-order valence-corrected chi connectivity index (χ3v) is 3.32. The van der Waals surface area contributed by atoms with Crippen molar-refractivity contribution < 1.29 is 29.4 Å². The Balaban J connectivity index is 4.74. The summed E-state index contributed by atoms with van der Waals surface area (Å²) in [5.41, 5.74) is 11.0. The molecule has 2 amide bonds. The van der Waals surface area contributed by atoms with Gasteiger partial charge in [0.2, 0.25) is 11.8 Å². The van der Waals surface area contributed by atoms with E-state index in [1.165, 1.54) is 6.92 Å². The van der Waals surface area contributed by atoms with Crippen LogP contribution in [0.25, 0.3) is 0 Å². The van der Waals surface area contributed by atoms with Gasteiger partial charge < -0.3 is 32.3 Å². The van der Waals surface area contributed by atoms with Gasteiger partial charge in [0.25, 0.3) is 0 Å². The minimum atomic E-state index is -1.20. The molecule has 0 spiro atoms. The molecule has 0 aliphatic carbocycles. The van der Waals surface area contributed by atoms with Gasteiger partial charge in [0.1, 0.15) is 12.1 Å². The van der Waals surface area contributed by atoms with Crippen molar-refractivity contribution in [3.8, 4) is 0 Å². The van der Waals surface area contributed by atoms with E-state index in [1.54, 1.807) is 0 Å². The Morgan fingerprint density at radius 2 is 1.62 bits per heavy atom. The van der Waals surface area contributed by atoms with Crippen LogP contribution in [0, 0.1) is 0 Å². The number of hydrogen-bond donors (Lipinski definition) is 6. The molecule has 0 saturated carbocycles. The van der Waals surface area contributed by atoms with E-state index in [9.17, 15) is 19.2 Å². The molecule has 3 unspecified atom stereocenters. The SMILES string of the molecule is CC(NC(=O)C(CCCCN)NC(=O)C(N)CCC(=O)O)C(=O)O. The summed E-state index contributed by atoms with van der Waals surface area (Å²) in [4.78, 5) is 45.4. The molecule has 0 aliphatic heterocycles. The van der Waals surface area contributed by atoms with Crippen molar-refractivity contribution >= 4 is 23.8 Å². The number of nitrogens with one attached hydrogen (secondary N) is 2. The maximum absolute atomic E-state index is 12.1. The molecule has 24 heavy (non-hydrogen) atoms. The number of carboxylic acid groups (broad SMARTS) is 2. The van der Waals surface area contributed by atoms with Crippen LogP contribution in [0.3, 0.4) is 0 Å². The number of hydrogen-bond acceptors (Lipinski definition) is 6. The molecule has 10 nitrogen and oxygen atoms in total. The lowest BCUT2D eigenvalue weighted by molar-refractivity contribution is -0.141. The van der Waals surface area contributed by atoms with Crippen molar-refractivity contribution in [1.29, 1.82) is 0 Å². The third-order valence-electron chi connectivity index (χ3n) is 3.32. The van der Waals surface area contributed by atoms with E-state index in [4.69, 9.17) is 21.7 Å². The summed E-state index contributed by atoms with van der Waals surface area (Å²) in [5, 5.41) is 22.1. The van der Waals surface area contributed by atoms with Gasteiger partial charge in [0, 0.05) is 6.42 Å². The fourth-order valence-electron chi connectivity index (χ4n) is 1.83. The molecule has 0 saturated heterocycles. The zero-order valence-electron chi connectivity index (χ0n) is 13.7. The summed E-state index contributed by atoms with van der Waals surface area (Å²) in [6.07, 6.45) is 1.13. The number of carbonyl (C=O) groups is 4. The van der Waals surface area contributed by atoms with Crippen molar-refractivity contribution in [3.63, 3.8) is 0 Å². The first-order valence-electron chi connectivity index (χ1n) is 7.70. The molecule has 0 radical (unpaired) electrons. The van der Waals surface area contributed by atoms with Crippen LogP contribution in [-0.4, -0.2) is 58.6 Å². The molecule has 138 valence electrons. The van der Waals surface area contributed by atoms with Gasteiger partial charge in [0.15, 0.2) is 0 Å². The molecule has 0 rings (SSSR count). The van der Waals surface area contributed by atoms with E-state index in [-0.39, 0.29) is 19.3 Å². The highest BCUT2D eigenvalue weighted by Gasteiger charge is 2.26. The fraction of sp³-hybridized carbons (Fsp3) is 0.714. The predicted molar refractivity (Wildman–Crippen MR) is 84.9 cm³/mol. The van der Waals surface area contributed by atoms with Crippen LogP contribution >= 0.6 is 0 Å². The van der Waals surface area contributed by atoms with Gasteiger partial charge in [0.05, 0.1) is 6.04 Å². The van der Waals surface area contributed by atoms with Gasteiger partial charge in [-0.25, -0.2) is 0 Å². The molecular weight excluding hydrogens is 320 g/mol. The Morgan fingerprint density at radius 3 is 2.12 bits per heavy atom. The van der Waals surface area contributed by atoms with E-state index < -0.39 is 41.9 Å². The fourth-order valence-corrected chi connectivity index (χ4v) is 1.83. The van der Waals surface area contributed by atoms with Gasteiger partial charge in [-0.3, -0.25) is 19.2 Å². The van der Waals surface area contributed by atoms with Crippen LogP contribution in [0.1, 0.15) is 39.0 Å². The number of carboxylic acids is 2. The number of carbonyl (C=O) groups excluding carboxylic acids is 2. The van der Waals surface area contributed by atoms with Crippen molar-refractivity contribution in [3.05, 3.63) is 0 Å². The molecule has 0 aromatic heterocycles. The summed E-state index contributed by atoms with van der Waals surface area (Å²) in [6, 6.07) is -3.13. The second-order valence-corrected chi connectivity index (χ2v) is 5.45. The molecule has 10 heteroatoms. The Kier molecular flexibility index (Phi) is 10.3. The molecule has 0 bridgehead atoms. The minimum Gasteiger partial charge on any atom is -0.481 e. The molecule has 3 atom stereocenters. The maximum Gasteiger partial charge on any atom is 0.325 e. The lowest BCUT2D eigenvalue weighted by Gasteiger charge is -2.21. The van der Waals surface area contributed by atoms with E-state index in [2.05, 4.69) is 10.6 Å². The zero-order chi connectivity index (χ0) is 18.7. The monoisotopic (exact) mass is 346 g/mol. The van der Waals surface area contributed by atoms with Crippen LogP contribution in [0.15, 0.2) is 0 Å². The quantitative estimate of drug-likeness (QED) is 0.228. The highest BCUT2D eigenvalue weighted by atomic mass is 16.4. The predicted octanol–water partition coefficient (Wildman–Crippen LogP) is -1.62. The normalized spacial score (nSPS) is 14.3. The van der Waals surface area contributed by atoms with E-state index >= 15 is 0 Å². The van der Waals surface area contributed by atoms with E-state index in [1.807, 2.05) is 0 Å². The first-order valence-corrected chi connectivity index (χ1v) is 7.70. The third kappa shape index (κ3) is 9.06. The summed E-state index contributed by atoms with van der Waals surface area (Å²) in [7, 11) is 0. The summed E-state index contributed by atoms with van der Waals surface area (Å²) < 4.78 is 0. The van der Waals surface area contributed by atoms with Gasteiger partial charge in [-0.1, -0.05) is 0 Å². The molecule has 0 aromatic carbocycles. The van der Waals surface area contributed by atoms with Crippen molar-refractivity contribution in [2.24, 2.45) is 11.5 Å². The summed E-state index contributed by atoms with van der Waals surface area (Å²) in [6.45, 7) is 1.73. The van der Waals surface area contributed by atoms with Crippen LogP contribution in [-0.2, 0) is 19.2 Å². The van der Waals surface area contributed by atoms with Crippen LogP contribution in [0.5, 0.6) is 0 Å². The Morgan fingerprint density at radius 1 is 1.00 bits per heavy atom. The summed E-state index contributed by atoms with van der Waals surface area (Å²) in [5.74, 6) is -3.58. The largest absolute Gasteiger partial charge is 0.481 e. The van der Waals surface area contributed by atoms with Crippen LogP contribution in [0.2, 0.25) is 0 Å². The smallest absolute Gasteiger partial charge is 0.325 e. The van der Waals surface area contributed by atoms with Gasteiger partial charge >= 0.3 is 11.9 Å². The molecular formula is C14H26N4O6. The molecule has 8 N–H and O–H groups in total. The highest BCUT2D eigenvalue weighted by Crippen LogP contribution is 2.03. The molecule has 0 heterocycles. The van der Waals surface area contributed by atoms with Crippen molar-refractivity contribution in [1.82, 2.24) is 10.6 Å². The minimum absolute atomic E-state index is 0.0656. The van der Waals surface area contributed by atoms with Gasteiger partial charge in [-0.05, 0) is 39.2 Å². The van der Waals surface area contributed by atoms with E-state index in [0.29, 0.717) is 19.4 Å². The first-order chi connectivity index (χ1) is 11.2. The molecule has 0 fully saturated rings. The van der Waals surface area contributed by atoms with E-state index in [0.717, 1.165) is 0 Å². The topological polar surface area (TPSA) is 185 Å². The average Bonchev–Trinajstić information content (AvgIpc) is 2.51. The maximum atomic E-state index is 12.1.